The molecular weight excluding hydrogens is 194 g/mol. The van der Waals surface area contributed by atoms with Crippen molar-refractivity contribution in [1.29, 1.82) is 0 Å². The number of hydrogen-bond acceptors (Lipinski definition) is 3. The van der Waals surface area contributed by atoms with Gasteiger partial charge in [0, 0.05) is 12.5 Å². The van der Waals surface area contributed by atoms with E-state index in [0.717, 1.165) is 17.8 Å². The molecule has 0 saturated heterocycles. The Hall–Kier alpha value is -0.410. The number of hydrogen-bond donors (Lipinski definition) is 0. The fourth-order valence-corrected chi connectivity index (χ4v) is 2.58. The quantitative estimate of drug-likeness (QED) is 0.747. The summed E-state index contributed by atoms with van der Waals surface area (Å²) in [5.41, 5.74) is 1.20. The lowest BCUT2D eigenvalue weighted by atomic mass is 10.1. The minimum Gasteiger partial charge on any atom is -0.374 e. The lowest BCUT2D eigenvalue weighted by molar-refractivity contribution is 0.0643. The Morgan fingerprint density at radius 3 is 2.71 bits per heavy atom. The zero-order valence-electron chi connectivity index (χ0n) is 9.41. The van der Waals surface area contributed by atoms with Crippen LogP contribution in [-0.2, 0) is 11.2 Å². The molecule has 0 bridgehead atoms. The Kier molecular flexibility index (Phi) is 4.55. The second kappa shape index (κ2) is 5.47. The molecule has 0 aliphatic heterocycles. The molecule has 1 unspecified atom stereocenters. The summed E-state index contributed by atoms with van der Waals surface area (Å²) in [5, 5.41) is 3.26. The predicted octanol–water partition coefficient (Wildman–Crippen LogP) is 3.44. The molecule has 0 spiro atoms. The van der Waals surface area contributed by atoms with Crippen molar-refractivity contribution in [1.82, 2.24) is 4.98 Å². The van der Waals surface area contributed by atoms with Crippen LogP contribution in [0.25, 0.3) is 0 Å². The lowest BCUT2D eigenvalue weighted by Gasteiger charge is -2.15. The minimum atomic E-state index is 0.158. The fourth-order valence-electron chi connectivity index (χ4n) is 1.48. The van der Waals surface area contributed by atoms with Crippen molar-refractivity contribution >= 4 is 11.3 Å². The summed E-state index contributed by atoms with van der Waals surface area (Å²) in [6.45, 7) is 6.50. The maximum atomic E-state index is 5.44. The monoisotopic (exact) mass is 213 g/mol. The van der Waals surface area contributed by atoms with Crippen molar-refractivity contribution in [2.75, 3.05) is 7.11 Å². The second-order valence-corrected chi connectivity index (χ2v) is 4.72. The molecule has 1 aromatic rings. The van der Waals surface area contributed by atoms with Crippen LogP contribution >= 0.6 is 11.3 Å². The number of thiazole rings is 1. The molecule has 0 radical (unpaired) electrons. The number of aryl methyl sites for hydroxylation is 1. The average molecular weight is 213 g/mol. The van der Waals surface area contributed by atoms with E-state index >= 15 is 0 Å². The first-order valence-electron chi connectivity index (χ1n) is 5.16. The third-order valence-corrected chi connectivity index (χ3v) is 3.13. The minimum absolute atomic E-state index is 0.158. The average Bonchev–Trinajstić information content (AvgIpc) is 2.54. The van der Waals surface area contributed by atoms with Gasteiger partial charge in [-0.3, -0.25) is 0 Å². The number of rotatable bonds is 5. The molecule has 1 rings (SSSR count). The number of nitrogens with zero attached hydrogens (tertiary/aromatic N) is 1. The van der Waals surface area contributed by atoms with Crippen molar-refractivity contribution in [3.8, 4) is 0 Å². The van der Waals surface area contributed by atoms with Gasteiger partial charge in [0.25, 0.3) is 0 Å². The summed E-state index contributed by atoms with van der Waals surface area (Å²) < 4.78 is 5.44. The van der Waals surface area contributed by atoms with Gasteiger partial charge < -0.3 is 4.74 Å². The van der Waals surface area contributed by atoms with Crippen molar-refractivity contribution in [2.24, 2.45) is 5.92 Å². The van der Waals surface area contributed by atoms with Gasteiger partial charge in [0.15, 0.2) is 0 Å². The first-order valence-corrected chi connectivity index (χ1v) is 6.04. The van der Waals surface area contributed by atoms with E-state index in [-0.39, 0.29) is 6.10 Å². The van der Waals surface area contributed by atoms with Crippen molar-refractivity contribution in [2.45, 2.75) is 39.7 Å². The van der Waals surface area contributed by atoms with Crippen LogP contribution < -0.4 is 0 Å². The fraction of sp³-hybridized carbons (Fsp3) is 0.727. The van der Waals surface area contributed by atoms with E-state index in [4.69, 9.17) is 4.74 Å². The molecule has 2 nitrogen and oxygen atoms in total. The standard InChI is InChI=1S/C11H19NOS/c1-5-6-9-7-14-11(12-9)10(13-4)8(2)3/h7-8,10H,5-6H2,1-4H3. The largest absolute Gasteiger partial charge is 0.374 e. The van der Waals surface area contributed by atoms with Gasteiger partial charge >= 0.3 is 0 Å². The normalized spacial score (nSPS) is 13.5. The zero-order valence-corrected chi connectivity index (χ0v) is 10.2. The van der Waals surface area contributed by atoms with E-state index in [1.165, 1.54) is 5.69 Å². The molecule has 1 aromatic heterocycles. The highest BCUT2D eigenvalue weighted by molar-refractivity contribution is 7.09. The predicted molar refractivity (Wildman–Crippen MR) is 60.7 cm³/mol. The van der Waals surface area contributed by atoms with Gasteiger partial charge in [-0.1, -0.05) is 27.2 Å². The molecule has 0 aliphatic rings. The molecule has 0 amide bonds. The second-order valence-electron chi connectivity index (χ2n) is 3.83. The Morgan fingerprint density at radius 2 is 2.21 bits per heavy atom. The van der Waals surface area contributed by atoms with E-state index < -0.39 is 0 Å². The van der Waals surface area contributed by atoms with Crippen LogP contribution in [0.2, 0.25) is 0 Å². The van der Waals surface area contributed by atoms with Crippen LogP contribution in [0.15, 0.2) is 5.38 Å². The molecule has 0 aliphatic carbocycles. The molecule has 0 aromatic carbocycles. The first kappa shape index (κ1) is 11.7. The highest BCUT2D eigenvalue weighted by Gasteiger charge is 2.18. The van der Waals surface area contributed by atoms with Gasteiger partial charge in [-0.15, -0.1) is 11.3 Å². The topological polar surface area (TPSA) is 22.1 Å². The third-order valence-electron chi connectivity index (χ3n) is 2.18. The molecule has 0 fully saturated rings. The van der Waals surface area contributed by atoms with E-state index in [1.54, 1.807) is 18.4 Å². The van der Waals surface area contributed by atoms with Crippen molar-refractivity contribution in [3.63, 3.8) is 0 Å². The number of aromatic nitrogens is 1. The molecule has 1 atom stereocenters. The SMILES string of the molecule is CCCc1csc(C(OC)C(C)C)n1. The van der Waals surface area contributed by atoms with Gasteiger partial charge in [-0.05, 0) is 12.3 Å². The Labute approximate surface area is 90.3 Å². The lowest BCUT2D eigenvalue weighted by Crippen LogP contribution is -2.08. The van der Waals surface area contributed by atoms with Gasteiger partial charge in [0.05, 0.1) is 5.69 Å². The van der Waals surface area contributed by atoms with Crippen molar-refractivity contribution in [3.05, 3.63) is 16.1 Å². The maximum Gasteiger partial charge on any atom is 0.122 e. The summed E-state index contributed by atoms with van der Waals surface area (Å²) in [6.07, 6.45) is 2.39. The summed E-state index contributed by atoms with van der Waals surface area (Å²) in [6, 6.07) is 0. The molecule has 80 valence electrons. The number of ether oxygens (including phenoxy) is 1. The summed E-state index contributed by atoms with van der Waals surface area (Å²) in [5.74, 6) is 0.487. The first-order chi connectivity index (χ1) is 6.69. The molecule has 3 heteroatoms. The van der Waals surface area contributed by atoms with E-state index in [1.807, 2.05) is 0 Å². The van der Waals surface area contributed by atoms with Gasteiger partial charge in [0.2, 0.25) is 0 Å². The van der Waals surface area contributed by atoms with Gasteiger partial charge in [0.1, 0.15) is 11.1 Å². The summed E-state index contributed by atoms with van der Waals surface area (Å²) in [4.78, 5) is 4.59. The summed E-state index contributed by atoms with van der Waals surface area (Å²) in [7, 11) is 1.76. The molecule has 0 N–H and O–H groups in total. The summed E-state index contributed by atoms with van der Waals surface area (Å²) >= 11 is 1.71. The molecule has 1 heterocycles. The Morgan fingerprint density at radius 1 is 1.50 bits per heavy atom. The maximum absolute atomic E-state index is 5.44. The highest BCUT2D eigenvalue weighted by Crippen LogP contribution is 2.27. The van der Waals surface area contributed by atoms with E-state index in [9.17, 15) is 0 Å². The van der Waals surface area contributed by atoms with Gasteiger partial charge in [-0.25, -0.2) is 4.98 Å². The third kappa shape index (κ3) is 2.79. The molecular formula is C11H19NOS. The number of methoxy groups -OCH3 is 1. The van der Waals surface area contributed by atoms with E-state index in [2.05, 4.69) is 31.1 Å². The Balaban J connectivity index is 2.73. The van der Waals surface area contributed by atoms with Crippen LogP contribution in [0.5, 0.6) is 0 Å². The van der Waals surface area contributed by atoms with Gasteiger partial charge in [-0.2, -0.15) is 0 Å². The Bertz CT molecular complexity index is 270. The van der Waals surface area contributed by atoms with Crippen LogP contribution in [0, 0.1) is 5.92 Å². The molecule has 0 saturated carbocycles. The van der Waals surface area contributed by atoms with Crippen molar-refractivity contribution < 1.29 is 4.74 Å². The molecule has 14 heavy (non-hydrogen) atoms. The smallest absolute Gasteiger partial charge is 0.122 e. The van der Waals surface area contributed by atoms with Crippen LogP contribution in [-0.4, -0.2) is 12.1 Å². The zero-order chi connectivity index (χ0) is 10.6. The van der Waals surface area contributed by atoms with Crippen LogP contribution in [0.1, 0.15) is 44.0 Å². The van der Waals surface area contributed by atoms with E-state index in [0.29, 0.717) is 5.92 Å². The highest BCUT2D eigenvalue weighted by atomic mass is 32.1. The van der Waals surface area contributed by atoms with Crippen LogP contribution in [0.4, 0.5) is 0 Å². The van der Waals surface area contributed by atoms with Crippen LogP contribution in [0.3, 0.4) is 0 Å².